The molecule has 2 N–H and O–H groups in total. The van der Waals surface area contributed by atoms with Crippen LogP contribution >= 0.6 is 0 Å². The van der Waals surface area contributed by atoms with Gasteiger partial charge in [0.05, 0.1) is 17.6 Å². The van der Waals surface area contributed by atoms with Crippen molar-refractivity contribution in [3.8, 4) is 11.4 Å². The quantitative estimate of drug-likeness (QED) is 0.863. The molecule has 0 atom stereocenters. The van der Waals surface area contributed by atoms with Crippen LogP contribution < -0.4 is 5.32 Å². The zero-order chi connectivity index (χ0) is 12.4. The first-order chi connectivity index (χ1) is 8.84. The van der Waals surface area contributed by atoms with Gasteiger partial charge in [-0.3, -0.25) is 4.98 Å². The number of hydrogen-bond donors (Lipinski definition) is 2. The van der Waals surface area contributed by atoms with Gasteiger partial charge in [-0.25, -0.2) is 4.98 Å². The van der Waals surface area contributed by atoms with Gasteiger partial charge in [0.2, 0.25) is 0 Å². The Morgan fingerprint density at radius 2 is 2.22 bits per heavy atom. The fourth-order valence-electron chi connectivity index (χ4n) is 2.68. The molecule has 0 bridgehead atoms. The van der Waals surface area contributed by atoms with Crippen molar-refractivity contribution in [2.75, 3.05) is 13.6 Å². The lowest BCUT2D eigenvalue weighted by molar-refractivity contribution is 0.226. The van der Waals surface area contributed by atoms with Crippen LogP contribution in [0.5, 0.6) is 0 Å². The number of nitrogens with one attached hydrogen (secondary N) is 2. The van der Waals surface area contributed by atoms with E-state index in [0.717, 1.165) is 23.8 Å². The summed E-state index contributed by atoms with van der Waals surface area (Å²) in [4.78, 5) is 12.4. The number of imidazole rings is 1. The molecule has 1 aliphatic carbocycles. The molecule has 4 heteroatoms. The molecule has 0 radical (unpaired) electrons. The number of hydrogen-bond acceptors (Lipinski definition) is 3. The van der Waals surface area contributed by atoms with Crippen molar-refractivity contribution in [3.05, 3.63) is 36.4 Å². The standard InChI is InChI=1S/C14H18N4/c1-15-10-14(6-4-7-14)13-17-9-12(18-13)11-5-2-3-8-16-11/h2-3,5,8-9,15H,4,6-7,10H2,1H3,(H,17,18). The molecule has 0 aliphatic heterocycles. The fourth-order valence-corrected chi connectivity index (χ4v) is 2.68. The van der Waals surface area contributed by atoms with Crippen LogP contribution in [0.1, 0.15) is 25.1 Å². The molecule has 0 saturated heterocycles. The smallest absolute Gasteiger partial charge is 0.114 e. The van der Waals surface area contributed by atoms with Crippen LogP contribution in [0.15, 0.2) is 30.6 Å². The van der Waals surface area contributed by atoms with Crippen molar-refractivity contribution < 1.29 is 0 Å². The third kappa shape index (κ3) is 1.82. The van der Waals surface area contributed by atoms with Gasteiger partial charge in [0.25, 0.3) is 0 Å². The monoisotopic (exact) mass is 242 g/mol. The van der Waals surface area contributed by atoms with E-state index in [1.807, 2.05) is 37.6 Å². The molecule has 0 aromatic carbocycles. The van der Waals surface area contributed by atoms with Crippen LogP contribution in [0.3, 0.4) is 0 Å². The maximum atomic E-state index is 4.57. The van der Waals surface area contributed by atoms with E-state index in [9.17, 15) is 0 Å². The number of pyridine rings is 1. The Hall–Kier alpha value is -1.68. The van der Waals surface area contributed by atoms with E-state index < -0.39 is 0 Å². The van der Waals surface area contributed by atoms with Gasteiger partial charge in [-0.2, -0.15) is 0 Å². The van der Waals surface area contributed by atoms with Crippen molar-refractivity contribution in [2.45, 2.75) is 24.7 Å². The summed E-state index contributed by atoms with van der Waals surface area (Å²) in [5, 5.41) is 3.28. The average molecular weight is 242 g/mol. The lowest BCUT2D eigenvalue weighted by Gasteiger charge is -2.40. The largest absolute Gasteiger partial charge is 0.340 e. The Kier molecular flexibility index (Phi) is 2.88. The Bertz CT molecular complexity index is 514. The van der Waals surface area contributed by atoms with Gasteiger partial charge in [0.15, 0.2) is 0 Å². The first-order valence-corrected chi connectivity index (χ1v) is 6.46. The third-order valence-electron chi connectivity index (χ3n) is 3.84. The second kappa shape index (κ2) is 4.53. The highest BCUT2D eigenvalue weighted by Crippen LogP contribution is 2.42. The van der Waals surface area contributed by atoms with Gasteiger partial charge < -0.3 is 10.3 Å². The Morgan fingerprint density at radius 1 is 1.33 bits per heavy atom. The van der Waals surface area contributed by atoms with Crippen molar-refractivity contribution in [3.63, 3.8) is 0 Å². The lowest BCUT2D eigenvalue weighted by atomic mass is 9.68. The summed E-state index contributed by atoms with van der Waals surface area (Å²) >= 11 is 0. The summed E-state index contributed by atoms with van der Waals surface area (Å²) in [6, 6.07) is 5.92. The topological polar surface area (TPSA) is 53.6 Å². The molecular weight excluding hydrogens is 224 g/mol. The van der Waals surface area contributed by atoms with Crippen molar-refractivity contribution >= 4 is 0 Å². The average Bonchev–Trinajstić information content (AvgIpc) is 2.84. The summed E-state index contributed by atoms with van der Waals surface area (Å²) in [7, 11) is 2.00. The highest BCUT2D eigenvalue weighted by molar-refractivity contribution is 5.53. The van der Waals surface area contributed by atoms with E-state index in [4.69, 9.17) is 0 Å². The fraction of sp³-hybridized carbons (Fsp3) is 0.429. The minimum Gasteiger partial charge on any atom is -0.340 e. The number of H-pyrrole nitrogens is 1. The van der Waals surface area contributed by atoms with E-state index in [1.54, 1.807) is 0 Å². The molecule has 0 amide bonds. The number of aromatic nitrogens is 3. The van der Waals surface area contributed by atoms with E-state index >= 15 is 0 Å². The number of nitrogens with zero attached hydrogens (tertiary/aromatic N) is 2. The second-order valence-electron chi connectivity index (χ2n) is 5.02. The van der Waals surface area contributed by atoms with Gasteiger partial charge in [-0.1, -0.05) is 12.5 Å². The van der Waals surface area contributed by atoms with Gasteiger partial charge in [0.1, 0.15) is 5.82 Å². The molecule has 1 saturated carbocycles. The first kappa shape index (κ1) is 11.4. The summed E-state index contributed by atoms with van der Waals surface area (Å²) in [5.41, 5.74) is 2.17. The Labute approximate surface area is 107 Å². The molecule has 2 heterocycles. The van der Waals surface area contributed by atoms with E-state index in [0.29, 0.717) is 0 Å². The van der Waals surface area contributed by atoms with Crippen LogP contribution in [0.2, 0.25) is 0 Å². The second-order valence-corrected chi connectivity index (χ2v) is 5.02. The lowest BCUT2D eigenvalue weighted by Crippen LogP contribution is -2.43. The van der Waals surface area contributed by atoms with Crippen LogP contribution in [0.4, 0.5) is 0 Å². The van der Waals surface area contributed by atoms with Crippen molar-refractivity contribution in [1.82, 2.24) is 20.3 Å². The highest BCUT2D eigenvalue weighted by atomic mass is 15.0. The predicted octanol–water partition coefficient (Wildman–Crippen LogP) is 2.11. The molecule has 1 fully saturated rings. The molecular formula is C14H18N4. The molecule has 4 nitrogen and oxygen atoms in total. The van der Waals surface area contributed by atoms with Gasteiger partial charge in [-0.05, 0) is 32.0 Å². The first-order valence-electron chi connectivity index (χ1n) is 6.46. The van der Waals surface area contributed by atoms with Gasteiger partial charge in [0, 0.05) is 18.2 Å². The SMILES string of the molecule is CNCC1(c2ncc(-c3ccccn3)[nH]2)CCC1. The van der Waals surface area contributed by atoms with Crippen LogP contribution in [0.25, 0.3) is 11.4 Å². The Balaban J connectivity index is 1.90. The van der Waals surface area contributed by atoms with Crippen molar-refractivity contribution in [2.24, 2.45) is 0 Å². The molecule has 3 rings (SSSR count). The minimum absolute atomic E-state index is 0.210. The van der Waals surface area contributed by atoms with E-state index in [-0.39, 0.29) is 5.41 Å². The van der Waals surface area contributed by atoms with Gasteiger partial charge in [-0.15, -0.1) is 0 Å². The molecule has 2 aromatic heterocycles. The minimum atomic E-state index is 0.210. The summed E-state index contributed by atoms with van der Waals surface area (Å²) < 4.78 is 0. The van der Waals surface area contributed by atoms with E-state index in [1.165, 1.54) is 19.3 Å². The predicted molar refractivity (Wildman–Crippen MR) is 71.3 cm³/mol. The number of rotatable bonds is 4. The zero-order valence-electron chi connectivity index (χ0n) is 10.6. The molecule has 18 heavy (non-hydrogen) atoms. The molecule has 0 spiro atoms. The molecule has 1 aliphatic rings. The number of aromatic amines is 1. The molecule has 2 aromatic rings. The van der Waals surface area contributed by atoms with Crippen LogP contribution in [-0.4, -0.2) is 28.5 Å². The van der Waals surface area contributed by atoms with Gasteiger partial charge >= 0.3 is 0 Å². The third-order valence-corrected chi connectivity index (χ3v) is 3.84. The maximum absolute atomic E-state index is 4.57. The van der Waals surface area contributed by atoms with Crippen LogP contribution in [0, 0.1) is 0 Å². The normalized spacial score (nSPS) is 17.4. The summed E-state index contributed by atoms with van der Waals surface area (Å²) in [6.07, 6.45) is 7.42. The molecule has 0 unspecified atom stereocenters. The molecule has 94 valence electrons. The zero-order valence-corrected chi connectivity index (χ0v) is 10.6. The van der Waals surface area contributed by atoms with Crippen molar-refractivity contribution in [1.29, 1.82) is 0 Å². The maximum Gasteiger partial charge on any atom is 0.114 e. The van der Waals surface area contributed by atoms with Crippen LogP contribution in [-0.2, 0) is 5.41 Å². The van der Waals surface area contributed by atoms with E-state index in [2.05, 4.69) is 20.3 Å². The Morgan fingerprint density at radius 3 is 2.83 bits per heavy atom. The number of likely N-dealkylation sites (N-methyl/N-ethyl adjacent to an activating group) is 1. The highest BCUT2D eigenvalue weighted by Gasteiger charge is 2.40. The summed E-state index contributed by atoms with van der Waals surface area (Å²) in [5.74, 6) is 1.10. The summed E-state index contributed by atoms with van der Waals surface area (Å²) in [6.45, 7) is 0.988.